The summed E-state index contributed by atoms with van der Waals surface area (Å²) in [6, 6.07) is 0.294. The first kappa shape index (κ1) is 13.8. The van der Waals surface area contributed by atoms with E-state index in [1.165, 1.54) is 0 Å². The van der Waals surface area contributed by atoms with Crippen molar-refractivity contribution in [2.45, 2.75) is 31.7 Å². The van der Waals surface area contributed by atoms with Crippen molar-refractivity contribution in [3.8, 4) is 0 Å². The van der Waals surface area contributed by atoms with Crippen LogP contribution in [-0.4, -0.2) is 67.7 Å². The van der Waals surface area contributed by atoms with Crippen molar-refractivity contribution in [1.29, 1.82) is 0 Å². The van der Waals surface area contributed by atoms with E-state index in [0.29, 0.717) is 18.4 Å². The Bertz CT molecular complexity index is 259. The maximum Gasteiger partial charge on any atom is 0.222 e. The van der Waals surface area contributed by atoms with Crippen LogP contribution in [0.1, 0.15) is 25.7 Å². The summed E-state index contributed by atoms with van der Waals surface area (Å²) in [5.41, 5.74) is 5.84. The average Bonchev–Trinajstić information content (AvgIpc) is 2.40. The van der Waals surface area contributed by atoms with Crippen LogP contribution in [0, 0.1) is 0 Å². The van der Waals surface area contributed by atoms with Crippen LogP contribution in [0.2, 0.25) is 0 Å². The van der Waals surface area contributed by atoms with Gasteiger partial charge in [0.2, 0.25) is 5.91 Å². The molecule has 2 aliphatic heterocycles. The molecule has 0 aromatic heterocycles. The summed E-state index contributed by atoms with van der Waals surface area (Å²) in [7, 11) is 0. The summed E-state index contributed by atoms with van der Waals surface area (Å²) in [6.07, 6.45) is 3.54. The molecular weight excluding hydrogens is 230 g/mol. The Kier molecular flexibility index (Phi) is 5.41. The fourth-order valence-corrected chi connectivity index (χ4v) is 2.59. The first-order chi connectivity index (χ1) is 8.75. The van der Waals surface area contributed by atoms with E-state index in [2.05, 4.69) is 4.90 Å². The van der Waals surface area contributed by atoms with E-state index in [1.54, 1.807) is 0 Å². The van der Waals surface area contributed by atoms with E-state index in [9.17, 15) is 4.79 Å². The first-order valence-electron chi connectivity index (χ1n) is 7.09. The summed E-state index contributed by atoms with van der Waals surface area (Å²) < 4.78 is 5.30. The van der Waals surface area contributed by atoms with Crippen molar-refractivity contribution in [3.63, 3.8) is 0 Å². The van der Waals surface area contributed by atoms with Gasteiger partial charge in [-0.3, -0.25) is 9.69 Å². The number of likely N-dealkylation sites (tertiary alicyclic amines) is 1. The van der Waals surface area contributed by atoms with Crippen LogP contribution in [0.3, 0.4) is 0 Å². The molecular formula is C13H25N3O2. The molecule has 0 radical (unpaired) electrons. The second-order valence-electron chi connectivity index (χ2n) is 5.28. The molecule has 0 aromatic carbocycles. The fraction of sp³-hybridized carbons (Fsp3) is 0.923. The summed E-state index contributed by atoms with van der Waals surface area (Å²) in [5, 5.41) is 0. The number of piperidine rings is 1. The monoisotopic (exact) mass is 255 g/mol. The van der Waals surface area contributed by atoms with Crippen LogP contribution in [0.4, 0.5) is 0 Å². The summed E-state index contributed by atoms with van der Waals surface area (Å²) >= 11 is 0. The first-order valence-corrected chi connectivity index (χ1v) is 7.09. The van der Waals surface area contributed by atoms with Crippen LogP contribution in [0.5, 0.6) is 0 Å². The fourth-order valence-electron chi connectivity index (χ4n) is 2.59. The number of rotatable bonds is 4. The molecule has 0 spiro atoms. The Hall–Kier alpha value is -0.650. The second kappa shape index (κ2) is 7.07. The van der Waals surface area contributed by atoms with Crippen molar-refractivity contribution in [2.24, 2.45) is 5.73 Å². The minimum absolute atomic E-state index is 0.294. The predicted octanol–water partition coefficient (Wildman–Crippen LogP) is 0.0485. The summed E-state index contributed by atoms with van der Waals surface area (Å²) in [4.78, 5) is 16.3. The second-order valence-corrected chi connectivity index (χ2v) is 5.28. The van der Waals surface area contributed by atoms with Crippen LogP contribution >= 0.6 is 0 Å². The largest absolute Gasteiger partial charge is 0.379 e. The van der Waals surface area contributed by atoms with Gasteiger partial charge < -0.3 is 15.4 Å². The topological polar surface area (TPSA) is 58.8 Å². The molecule has 2 rings (SSSR count). The average molecular weight is 255 g/mol. The minimum atomic E-state index is 0.294. The summed E-state index contributed by atoms with van der Waals surface area (Å²) in [5.74, 6) is 0.301. The zero-order valence-corrected chi connectivity index (χ0v) is 11.1. The molecule has 2 N–H and O–H groups in total. The predicted molar refractivity (Wildman–Crippen MR) is 70.3 cm³/mol. The van der Waals surface area contributed by atoms with Gasteiger partial charge in [0.05, 0.1) is 13.2 Å². The highest BCUT2D eigenvalue weighted by molar-refractivity contribution is 5.76. The van der Waals surface area contributed by atoms with Crippen LogP contribution in [-0.2, 0) is 9.53 Å². The number of amides is 1. The van der Waals surface area contributed by atoms with Crippen LogP contribution in [0.15, 0.2) is 0 Å². The molecule has 0 unspecified atom stereocenters. The van der Waals surface area contributed by atoms with Crippen molar-refractivity contribution in [3.05, 3.63) is 0 Å². The zero-order valence-electron chi connectivity index (χ0n) is 11.1. The number of nitrogens with two attached hydrogens (primary N) is 1. The molecule has 18 heavy (non-hydrogen) atoms. The van der Waals surface area contributed by atoms with E-state index in [-0.39, 0.29) is 0 Å². The molecule has 2 heterocycles. The molecule has 0 saturated carbocycles. The lowest BCUT2D eigenvalue weighted by atomic mass is 10.1. The number of carbonyl (C=O) groups excluding carboxylic acids is 1. The Morgan fingerprint density at radius 2 is 1.83 bits per heavy atom. The van der Waals surface area contributed by atoms with Crippen molar-refractivity contribution >= 4 is 5.91 Å². The van der Waals surface area contributed by atoms with Gasteiger partial charge >= 0.3 is 0 Å². The Labute approximate surface area is 109 Å². The number of hydrogen-bond donors (Lipinski definition) is 1. The van der Waals surface area contributed by atoms with Crippen molar-refractivity contribution in [2.75, 3.05) is 45.9 Å². The van der Waals surface area contributed by atoms with Gasteiger partial charge in [0.25, 0.3) is 0 Å². The van der Waals surface area contributed by atoms with Crippen molar-refractivity contribution in [1.82, 2.24) is 9.80 Å². The van der Waals surface area contributed by atoms with E-state index in [0.717, 1.165) is 65.2 Å². The molecule has 0 aromatic rings. The van der Waals surface area contributed by atoms with E-state index in [1.807, 2.05) is 4.90 Å². The van der Waals surface area contributed by atoms with Gasteiger partial charge in [-0.25, -0.2) is 0 Å². The highest BCUT2D eigenvalue weighted by Gasteiger charge is 2.20. The smallest absolute Gasteiger partial charge is 0.222 e. The van der Waals surface area contributed by atoms with Gasteiger partial charge in [-0.15, -0.1) is 0 Å². The van der Waals surface area contributed by atoms with E-state index >= 15 is 0 Å². The quantitative estimate of drug-likeness (QED) is 0.771. The molecule has 2 fully saturated rings. The summed E-state index contributed by atoms with van der Waals surface area (Å²) in [6.45, 7) is 6.38. The highest BCUT2D eigenvalue weighted by atomic mass is 16.5. The molecule has 0 aliphatic carbocycles. The molecule has 2 aliphatic rings. The Balaban J connectivity index is 1.59. The van der Waals surface area contributed by atoms with Gasteiger partial charge in [-0.1, -0.05) is 0 Å². The van der Waals surface area contributed by atoms with Gasteiger partial charge in [-0.2, -0.15) is 0 Å². The Morgan fingerprint density at radius 1 is 1.17 bits per heavy atom. The molecule has 0 atom stereocenters. The van der Waals surface area contributed by atoms with Gasteiger partial charge in [0.1, 0.15) is 0 Å². The SMILES string of the molecule is NC1CCN(C(=O)CCCN2CCOCC2)CC1. The molecule has 5 heteroatoms. The van der Waals surface area contributed by atoms with Gasteiger partial charge in [-0.05, 0) is 25.8 Å². The van der Waals surface area contributed by atoms with Crippen LogP contribution < -0.4 is 5.73 Å². The normalized spacial score (nSPS) is 23.3. The molecule has 1 amide bonds. The lowest BCUT2D eigenvalue weighted by Crippen LogP contribution is -2.43. The maximum atomic E-state index is 12.0. The van der Waals surface area contributed by atoms with Gasteiger partial charge in [0.15, 0.2) is 0 Å². The lowest BCUT2D eigenvalue weighted by Gasteiger charge is -2.31. The standard InChI is InChI=1S/C13H25N3O2/c14-12-3-6-16(7-4-12)13(17)2-1-5-15-8-10-18-11-9-15/h12H,1-11,14H2. The number of hydrogen-bond acceptors (Lipinski definition) is 4. The third kappa shape index (κ3) is 4.23. The number of morpholine rings is 1. The maximum absolute atomic E-state index is 12.0. The van der Waals surface area contributed by atoms with E-state index < -0.39 is 0 Å². The molecule has 104 valence electrons. The minimum Gasteiger partial charge on any atom is -0.379 e. The number of ether oxygens (including phenoxy) is 1. The Morgan fingerprint density at radius 3 is 2.50 bits per heavy atom. The number of nitrogens with zero attached hydrogens (tertiary/aromatic N) is 2. The van der Waals surface area contributed by atoms with E-state index in [4.69, 9.17) is 10.5 Å². The number of carbonyl (C=O) groups is 1. The highest BCUT2D eigenvalue weighted by Crippen LogP contribution is 2.10. The van der Waals surface area contributed by atoms with Crippen molar-refractivity contribution < 1.29 is 9.53 Å². The molecule has 5 nitrogen and oxygen atoms in total. The molecule has 0 bridgehead atoms. The van der Waals surface area contributed by atoms with Crippen LogP contribution in [0.25, 0.3) is 0 Å². The zero-order chi connectivity index (χ0) is 12.8. The molecule has 2 saturated heterocycles. The van der Waals surface area contributed by atoms with Gasteiger partial charge in [0, 0.05) is 38.6 Å². The lowest BCUT2D eigenvalue weighted by molar-refractivity contribution is -0.132. The third-order valence-corrected chi connectivity index (χ3v) is 3.86. The third-order valence-electron chi connectivity index (χ3n) is 3.86.